The molecular weight excluding hydrogens is 512 g/mol. The second kappa shape index (κ2) is 9.91. The van der Waals surface area contributed by atoms with Crippen LogP contribution in [0.4, 0.5) is 0 Å². The van der Waals surface area contributed by atoms with Crippen molar-refractivity contribution < 1.29 is 13.2 Å². The number of carbonyl (C=O) groups excluding carboxylic acids is 1. The number of benzene rings is 2. The van der Waals surface area contributed by atoms with Crippen LogP contribution in [-0.4, -0.2) is 43.1 Å². The Hall–Kier alpha value is -2.51. The highest BCUT2D eigenvalue weighted by atomic mass is 32.2. The molecule has 0 radical (unpaired) electrons. The number of sulfone groups is 1. The summed E-state index contributed by atoms with van der Waals surface area (Å²) in [5.74, 6) is -0.504. The molecule has 0 spiro atoms. The number of aromatic nitrogens is 1. The third-order valence-corrected chi connectivity index (χ3v) is 11.2. The van der Waals surface area contributed by atoms with Crippen molar-refractivity contribution in [2.45, 2.75) is 81.9 Å². The summed E-state index contributed by atoms with van der Waals surface area (Å²) >= 11 is 1.70. The zero-order chi connectivity index (χ0) is 27.3. The maximum absolute atomic E-state index is 12.8. The number of thiazole rings is 1. The van der Waals surface area contributed by atoms with Crippen LogP contribution in [0.5, 0.6) is 0 Å². The van der Waals surface area contributed by atoms with E-state index in [4.69, 9.17) is 4.98 Å². The molecule has 1 amide bonds. The van der Waals surface area contributed by atoms with E-state index in [2.05, 4.69) is 51.3 Å². The Morgan fingerprint density at radius 1 is 0.974 bits per heavy atom. The number of piperidine rings is 1. The van der Waals surface area contributed by atoms with Crippen LogP contribution in [0.1, 0.15) is 81.0 Å². The Balaban J connectivity index is 1.24. The lowest BCUT2D eigenvalue weighted by Gasteiger charge is -2.42. The van der Waals surface area contributed by atoms with Gasteiger partial charge in [-0.25, -0.2) is 13.4 Å². The summed E-state index contributed by atoms with van der Waals surface area (Å²) in [4.78, 5) is 19.8. The Kier molecular flexibility index (Phi) is 7.06. The Bertz CT molecular complexity index is 1440. The SMILES string of the molecule is Cc1ccc(S(=O)(=O)CC(=O)N2CCC(c3nc(-c4ccc5c(c4)C(C)(C)CCC5(C)C)cs3)CC2)cc1. The standard InChI is InChI=1S/C31H38N2O3S2/c1-21-6-9-24(10-7-21)38(35,36)20-28(34)33-16-12-22(13-17-33)29-32-27(19-37-29)23-8-11-25-26(18-23)31(4,5)15-14-30(25,2)3/h6-11,18-19,22H,12-17,20H2,1-5H3. The van der Waals surface area contributed by atoms with Crippen molar-refractivity contribution in [3.63, 3.8) is 0 Å². The lowest BCUT2D eigenvalue weighted by atomic mass is 9.63. The summed E-state index contributed by atoms with van der Waals surface area (Å²) in [6, 6.07) is 13.6. The van der Waals surface area contributed by atoms with Gasteiger partial charge in [-0.2, -0.15) is 0 Å². The molecule has 1 fully saturated rings. The molecule has 5 nitrogen and oxygen atoms in total. The highest BCUT2D eigenvalue weighted by molar-refractivity contribution is 7.92. The topological polar surface area (TPSA) is 67.3 Å². The molecule has 2 heterocycles. The van der Waals surface area contributed by atoms with Gasteiger partial charge in [-0.05, 0) is 72.8 Å². The molecule has 3 aromatic rings. The summed E-state index contributed by atoms with van der Waals surface area (Å²) < 4.78 is 25.5. The van der Waals surface area contributed by atoms with Crippen LogP contribution >= 0.6 is 11.3 Å². The number of amides is 1. The summed E-state index contributed by atoms with van der Waals surface area (Å²) in [7, 11) is -3.64. The second-order valence-electron chi connectivity index (χ2n) is 12.3. The molecule has 202 valence electrons. The maximum Gasteiger partial charge on any atom is 0.238 e. The van der Waals surface area contributed by atoms with Gasteiger partial charge in [0.15, 0.2) is 9.84 Å². The Labute approximate surface area is 231 Å². The van der Waals surface area contributed by atoms with Gasteiger partial charge in [0.25, 0.3) is 0 Å². The molecule has 0 unspecified atom stereocenters. The van der Waals surface area contributed by atoms with Gasteiger partial charge < -0.3 is 4.90 Å². The first-order chi connectivity index (χ1) is 17.9. The quantitative estimate of drug-likeness (QED) is 0.357. The number of carbonyl (C=O) groups is 1. The monoisotopic (exact) mass is 550 g/mol. The summed E-state index contributed by atoms with van der Waals surface area (Å²) in [5, 5.41) is 3.26. The van der Waals surface area contributed by atoms with Crippen LogP contribution in [0.3, 0.4) is 0 Å². The number of nitrogens with zero attached hydrogens (tertiary/aromatic N) is 2. The third-order valence-electron chi connectivity index (χ3n) is 8.56. The number of likely N-dealkylation sites (tertiary alicyclic amines) is 1. The minimum Gasteiger partial charge on any atom is -0.342 e. The fourth-order valence-electron chi connectivity index (χ4n) is 5.81. The zero-order valence-corrected chi connectivity index (χ0v) is 24.7. The molecule has 7 heteroatoms. The average Bonchev–Trinajstić information content (AvgIpc) is 3.37. The van der Waals surface area contributed by atoms with Gasteiger partial charge in [0.05, 0.1) is 15.6 Å². The lowest BCUT2D eigenvalue weighted by molar-refractivity contribution is -0.129. The third kappa shape index (κ3) is 5.32. The Morgan fingerprint density at radius 3 is 2.26 bits per heavy atom. The first-order valence-corrected chi connectivity index (χ1v) is 16.1. The largest absolute Gasteiger partial charge is 0.342 e. The summed E-state index contributed by atoms with van der Waals surface area (Å²) in [6.45, 7) is 12.4. The second-order valence-corrected chi connectivity index (χ2v) is 15.2. The predicted octanol–water partition coefficient (Wildman–Crippen LogP) is 6.65. The van der Waals surface area contributed by atoms with Gasteiger partial charge in [-0.3, -0.25) is 4.79 Å². The van der Waals surface area contributed by atoms with E-state index in [1.54, 1.807) is 40.5 Å². The van der Waals surface area contributed by atoms with E-state index in [1.165, 1.54) is 29.5 Å². The minimum atomic E-state index is -3.64. The first kappa shape index (κ1) is 27.1. The molecule has 38 heavy (non-hydrogen) atoms. The maximum atomic E-state index is 12.8. The molecule has 1 aromatic heterocycles. The van der Waals surface area contributed by atoms with Gasteiger partial charge in [0, 0.05) is 30.0 Å². The van der Waals surface area contributed by atoms with E-state index in [0.717, 1.165) is 29.1 Å². The smallest absolute Gasteiger partial charge is 0.238 e. The molecule has 2 aliphatic rings. The summed E-state index contributed by atoms with van der Waals surface area (Å²) in [6.07, 6.45) is 3.98. The molecule has 1 saturated heterocycles. The van der Waals surface area contributed by atoms with Crippen molar-refractivity contribution in [1.29, 1.82) is 0 Å². The molecular formula is C31H38N2O3S2. The van der Waals surface area contributed by atoms with Crippen molar-refractivity contribution in [1.82, 2.24) is 9.88 Å². The van der Waals surface area contributed by atoms with Gasteiger partial charge in [-0.15, -0.1) is 11.3 Å². The van der Waals surface area contributed by atoms with Crippen LogP contribution in [-0.2, 0) is 25.5 Å². The van der Waals surface area contributed by atoms with Gasteiger partial charge >= 0.3 is 0 Å². The van der Waals surface area contributed by atoms with Crippen molar-refractivity contribution >= 4 is 27.1 Å². The molecule has 5 rings (SSSR count). The van der Waals surface area contributed by atoms with Crippen LogP contribution in [0.2, 0.25) is 0 Å². The van der Waals surface area contributed by atoms with E-state index in [1.807, 2.05) is 6.92 Å². The number of aryl methyl sites for hydroxylation is 1. The number of hydrogen-bond donors (Lipinski definition) is 0. The highest BCUT2D eigenvalue weighted by Crippen LogP contribution is 2.47. The van der Waals surface area contributed by atoms with E-state index in [9.17, 15) is 13.2 Å². The van der Waals surface area contributed by atoms with Crippen LogP contribution in [0, 0.1) is 6.92 Å². The van der Waals surface area contributed by atoms with Crippen molar-refractivity contribution in [3.8, 4) is 11.3 Å². The fourth-order valence-corrected chi connectivity index (χ4v) is 8.04. The number of rotatable bonds is 5. The van der Waals surface area contributed by atoms with E-state index in [-0.39, 0.29) is 21.6 Å². The molecule has 0 N–H and O–H groups in total. The molecule has 0 atom stereocenters. The average molecular weight is 551 g/mol. The predicted molar refractivity (Wildman–Crippen MR) is 155 cm³/mol. The minimum absolute atomic E-state index is 0.159. The molecule has 1 aliphatic heterocycles. The van der Waals surface area contributed by atoms with Crippen molar-refractivity contribution in [2.75, 3.05) is 18.8 Å². The molecule has 2 aromatic carbocycles. The van der Waals surface area contributed by atoms with Crippen LogP contribution in [0.15, 0.2) is 52.7 Å². The number of hydrogen-bond acceptors (Lipinski definition) is 5. The van der Waals surface area contributed by atoms with Crippen molar-refractivity contribution in [2.24, 2.45) is 0 Å². The van der Waals surface area contributed by atoms with Gasteiger partial charge in [0.1, 0.15) is 5.75 Å². The van der Waals surface area contributed by atoms with E-state index in [0.29, 0.717) is 19.0 Å². The summed E-state index contributed by atoms with van der Waals surface area (Å²) in [5.41, 5.74) is 6.43. The van der Waals surface area contributed by atoms with E-state index >= 15 is 0 Å². The number of fused-ring (bicyclic) bond motifs is 1. The van der Waals surface area contributed by atoms with Crippen molar-refractivity contribution in [3.05, 3.63) is 69.5 Å². The van der Waals surface area contributed by atoms with Crippen LogP contribution < -0.4 is 0 Å². The molecule has 0 bridgehead atoms. The molecule has 1 aliphatic carbocycles. The van der Waals surface area contributed by atoms with E-state index < -0.39 is 15.6 Å². The fraction of sp³-hybridized carbons (Fsp3) is 0.484. The lowest BCUT2D eigenvalue weighted by Crippen LogP contribution is -2.41. The first-order valence-electron chi connectivity index (χ1n) is 13.5. The normalized spacial score (nSPS) is 19.2. The highest BCUT2D eigenvalue weighted by Gasteiger charge is 2.37. The van der Waals surface area contributed by atoms with Crippen LogP contribution in [0.25, 0.3) is 11.3 Å². The van der Waals surface area contributed by atoms with Gasteiger partial charge in [-0.1, -0.05) is 57.5 Å². The Morgan fingerprint density at radius 2 is 1.61 bits per heavy atom. The zero-order valence-electron chi connectivity index (χ0n) is 23.1. The molecule has 0 saturated carbocycles. The van der Waals surface area contributed by atoms with Gasteiger partial charge in [0.2, 0.25) is 5.91 Å².